The van der Waals surface area contributed by atoms with Crippen LogP contribution in [0.2, 0.25) is 5.02 Å². The van der Waals surface area contributed by atoms with Crippen LogP contribution >= 0.6 is 11.6 Å². The van der Waals surface area contributed by atoms with Gasteiger partial charge in [-0.2, -0.15) is 0 Å². The van der Waals surface area contributed by atoms with Crippen molar-refractivity contribution in [2.75, 3.05) is 20.6 Å². The minimum Gasteiger partial charge on any atom is -0.341 e. The minimum absolute atomic E-state index is 0.134. The number of nitrogens with one attached hydrogen (secondary N) is 1. The van der Waals surface area contributed by atoms with Crippen LogP contribution in [0.1, 0.15) is 12.0 Å². The molecule has 0 aliphatic carbocycles. The average molecular weight is 241 g/mol. The summed E-state index contributed by atoms with van der Waals surface area (Å²) >= 11 is 5.88. The Morgan fingerprint density at radius 1 is 1.50 bits per heavy atom. The van der Waals surface area contributed by atoms with Gasteiger partial charge in [-0.15, -0.1) is 0 Å². The first-order valence-corrected chi connectivity index (χ1v) is 5.64. The first kappa shape index (κ1) is 13.0. The molecule has 4 heteroatoms. The van der Waals surface area contributed by atoms with Gasteiger partial charge in [0.1, 0.15) is 0 Å². The second-order valence-corrected chi connectivity index (χ2v) is 4.17. The highest BCUT2D eigenvalue weighted by molar-refractivity contribution is 6.30. The quantitative estimate of drug-likeness (QED) is 0.853. The molecule has 1 aromatic carbocycles. The first-order chi connectivity index (χ1) is 7.63. The van der Waals surface area contributed by atoms with Crippen molar-refractivity contribution in [1.29, 1.82) is 0 Å². The number of rotatable bonds is 5. The summed E-state index contributed by atoms with van der Waals surface area (Å²) in [4.78, 5) is 13.4. The molecular weight excluding hydrogens is 224 g/mol. The third-order valence-corrected chi connectivity index (χ3v) is 2.56. The van der Waals surface area contributed by atoms with E-state index in [-0.39, 0.29) is 5.91 Å². The third kappa shape index (κ3) is 4.21. The van der Waals surface area contributed by atoms with Gasteiger partial charge in [0.15, 0.2) is 0 Å². The van der Waals surface area contributed by atoms with Crippen molar-refractivity contribution >= 4 is 17.5 Å². The van der Waals surface area contributed by atoms with E-state index in [2.05, 4.69) is 5.32 Å². The summed E-state index contributed by atoms with van der Waals surface area (Å²) in [7, 11) is 3.64. The summed E-state index contributed by atoms with van der Waals surface area (Å²) in [5, 5.41) is 3.66. The zero-order valence-corrected chi connectivity index (χ0v) is 10.4. The molecule has 0 aromatic heterocycles. The van der Waals surface area contributed by atoms with E-state index in [1.165, 1.54) is 0 Å². The molecule has 1 amide bonds. The average Bonchev–Trinajstić information content (AvgIpc) is 2.25. The van der Waals surface area contributed by atoms with Gasteiger partial charge in [-0.05, 0) is 24.7 Å². The number of amides is 1. The number of benzene rings is 1. The highest BCUT2D eigenvalue weighted by atomic mass is 35.5. The lowest BCUT2D eigenvalue weighted by Crippen LogP contribution is -2.28. The normalized spacial score (nSPS) is 10.2. The number of carbonyl (C=O) groups excluding carboxylic acids is 1. The van der Waals surface area contributed by atoms with Gasteiger partial charge in [0, 0.05) is 31.6 Å². The van der Waals surface area contributed by atoms with Gasteiger partial charge < -0.3 is 10.2 Å². The molecule has 1 aromatic rings. The smallest absolute Gasteiger partial charge is 0.223 e. The maximum Gasteiger partial charge on any atom is 0.223 e. The van der Waals surface area contributed by atoms with Crippen LogP contribution in [0.15, 0.2) is 24.3 Å². The predicted octanol–water partition coefficient (Wildman–Crippen LogP) is 1.91. The van der Waals surface area contributed by atoms with E-state index >= 15 is 0 Å². The topological polar surface area (TPSA) is 32.3 Å². The molecular formula is C12H17ClN2O. The molecule has 0 unspecified atom stereocenters. The van der Waals surface area contributed by atoms with Crippen molar-refractivity contribution in [3.8, 4) is 0 Å². The van der Waals surface area contributed by atoms with Crippen molar-refractivity contribution in [2.24, 2.45) is 0 Å². The summed E-state index contributed by atoms with van der Waals surface area (Å²) in [6, 6.07) is 7.56. The van der Waals surface area contributed by atoms with Gasteiger partial charge >= 0.3 is 0 Å². The van der Waals surface area contributed by atoms with Crippen LogP contribution in [0, 0.1) is 0 Å². The molecule has 0 aliphatic rings. The lowest BCUT2D eigenvalue weighted by molar-refractivity contribution is -0.130. The van der Waals surface area contributed by atoms with Crippen LogP contribution in [0.4, 0.5) is 0 Å². The number of hydrogen-bond donors (Lipinski definition) is 1. The number of halogens is 1. The molecule has 0 spiro atoms. The van der Waals surface area contributed by atoms with Crippen molar-refractivity contribution in [3.05, 3.63) is 34.9 Å². The Morgan fingerprint density at radius 3 is 2.88 bits per heavy atom. The van der Waals surface area contributed by atoms with Crippen molar-refractivity contribution in [2.45, 2.75) is 13.0 Å². The van der Waals surface area contributed by atoms with Gasteiger partial charge in [0.05, 0.1) is 0 Å². The highest BCUT2D eigenvalue weighted by Gasteiger charge is 2.08. The highest BCUT2D eigenvalue weighted by Crippen LogP contribution is 2.12. The van der Waals surface area contributed by atoms with Crippen LogP contribution in [0.25, 0.3) is 0 Å². The Labute approximate surface area is 101 Å². The molecule has 3 nitrogen and oxygen atoms in total. The maximum absolute atomic E-state index is 11.6. The zero-order chi connectivity index (χ0) is 12.0. The molecule has 0 fully saturated rings. The second kappa shape index (κ2) is 6.51. The fourth-order valence-corrected chi connectivity index (χ4v) is 1.63. The zero-order valence-electron chi connectivity index (χ0n) is 9.66. The van der Waals surface area contributed by atoms with Crippen LogP contribution in [0.5, 0.6) is 0 Å². The molecule has 88 valence electrons. The molecule has 1 rings (SSSR count). The molecule has 1 N–H and O–H groups in total. The minimum atomic E-state index is 0.134. The Balaban J connectivity index is 2.50. The van der Waals surface area contributed by atoms with Crippen LogP contribution < -0.4 is 5.32 Å². The van der Waals surface area contributed by atoms with Gasteiger partial charge in [-0.3, -0.25) is 4.79 Å². The molecule has 16 heavy (non-hydrogen) atoms. The lowest BCUT2D eigenvalue weighted by atomic mass is 10.2. The molecule has 0 saturated carbocycles. The Morgan fingerprint density at radius 2 is 2.25 bits per heavy atom. The van der Waals surface area contributed by atoms with Gasteiger partial charge in [-0.25, -0.2) is 0 Å². The summed E-state index contributed by atoms with van der Waals surface area (Å²) in [6.45, 7) is 1.31. The van der Waals surface area contributed by atoms with Gasteiger partial charge in [-0.1, -0.05) is 23.7 Å². The first-order valence-electron chi connectivity index (χ1n) is 5.26. The van der Waals surface area contributed by atoms with E-state index in [9.17, 15) is 4.79 Å². The van der Waals surface area contributed by atoms with E-state index in [1.807, 2.05) is 31.3 Å². The third-order valence-electron chi connectivity index (χ3n) is 2.32. The molecule has 0 bridgehead atoms. The predicted molar refractivity (Wildman–Crippen MR) is 66.5 cm³/mol. The molecule has 0 radical (unpaired) electrons. The second-order valence-electron chi connectivity index (χ2n) is 3.73. The molecule has 0 aliphatic heterocycles. The Bertz CT molecular complexity index is 355. The maximum atomic E-state index is 11.6. The summed E-state index contributed by atoms with van der Waals surface area (Å²) in [6.07, 6.45) is 0.521. The van der Waals surface area contributed by atoms with E-state index in [0.29, 0.717) is 24.5 Å². The van der Waals surface area contributed by atoms with Crippen molar-refractivity contribution in [3.63, 3.8) is 0 Å². The standard InChI is InChI=1S/C12H17ClN2O/c1-14-7-6-12(16)15(2)9-10-4-3-5-11(13)8-10/h3-5,8,14H,6-7,9H2,1-2H3. The van der Waals surface area contributed by atoms with Gasteiger partial charge in [0.25, 0.3) is 0 Å². The van der Waals surface area contributed by atoms with E-state index in [1.54, 1.807) is 11.9 Å². The number of carbonyl (C=O) groups is 1. The van der Waals surface area contributed by atoms with Crippen LogP contribution in [0.3, 0.4) is 0 Å². The Hall–Kier alpha value is -1.06. The number of hydrogen-bond acceptors (Lipinski definition) is 2. The van der Waals surface area contributed by atoms with Crippen molar-refractivity contribution in [1.82, 2.24) is 10.2 Å². The number of nitrogens with zero attached hydrogens (tertiary/aromatic N) is 1. The fourth-order valence-electron chi connectivity index (χ4n) is 1.42. The lowest BCUT2D eigenvalue weighted by Gasteiger charge is -2.17. The molecule has 0 atom stereocenters. The fraction of sp³-hybridized carbons (Fsp3) is 0.417. The summed E-state index contributed by atoms with van der Waals surface area (Å²) in [5.74, 6) is 0.134. The summed E-state index contributed by atoms with van der Waals surface area (Å²) in [5.41, 5.74) is 1.05. The summed E-state index contributed by atoms with van der Waals surface area (Å²) < 4.78 is 0. The van der Waals surface area contributed by atoms with E-state index in [4.69, 9.17) is 11.6 Å². The Kier molecular flexibility index (Phi) is 5.29. The SMILES string of the molecule is CNCCC(=O)N(C)Cc1cccc(Cl)c1. The molecule has 0 saturated heterocycles. The van der Waals surface area contributed by atoms with E-state index in [0.717, 1.165) is 5.56 Å². The monoisotopic (exact) mass is 240 g/mol. The van der Waals surface area contributed by atoms with Crippen molar-refractivity contribution < 1.29 is 4.79 Å². The van der Waals surface area contributed by atoms with Gasteiger partial charge in [0.2, 0.25) is 5.91 Å². The van der Waals surface area contributed by atoms with E-state index < -0.39 is 0 Å². The molecule has 0 heterocycles. The van der Waals surface area contributed by atoms with Crippen LogP contribution in [-0.4, -0.2) is 31.4 Å². The largest absolute Gasteiger partial charge is 0.341 e. The van der Waals surface area contributed by atoms with Crippen LogP contribution in [-0.2, 0) is 11.3 Å².